The number of aliphatic imine (C=N–C) groups is 1. The molecule has 0 saturated heterocycles. The summed E-state index contributed by atoms with van der Waals surface area (Å²) in [7, 11) is -1.46. The van der Waals surface area contributed by atoms with Gasteiger partial charge in [0.2, 0.25) is 10.0 Å². The maximum absolute atomic E-state index is 11.8. The number of hydrogen-bond donors (Lipinski definition) is 2. The molecule has 0 bridgehead atoms. The molecule has 0 amide bonds. The molecule has 1 aliphatic carbocycles. The van der Waals surface area contributed by atoms with Gasteiger partial charge >= 0.3 is 0 Å². The first-order valence-electron chi connectivity index (χ1n) is 10.4. The SMILES string of the molecule is CCNC(=NCC1(CCOCC)CCCC1)NCCCN(C)S(=O)(=O)CC.I. The molecule has 1 rings (SSSR count). The maximum atomic E-state index is 11.8. The highest BCUT2D eigenvalue weighted by molar-refractivity contribution is 14.0. The average molecular weight is 533 g/mol. The van der Waals surface area contributed by atoms with E-state index in [0.717, 1.165) is 45.1 Å². The number of sulfonamides is 1. The van der Waals surface area contributed by atoms with Crippen LogP contribution in [0.15, 0.2) is 4.99 Å². The molecule has 0 aromatic rings. The van der Waals surface area contributed by atoms with Crippen molar-refractivity contribution in [3.05, 3.63) is 0 Å². The monoisotopic (exact) mass is 532 g/mol. The standard InChI is InChI=1S/C19H40N4O3S.HI/c1-5-20-18(21-14-10-15-23(4)27(24,25)7-3)22-17-19(11-8-9-12-19)13-16-26-6-2;/h5-17H2,1-4H3,(H2,20,21,22);1H. The molecule has 168 valence electrons. The van der Waals surface area contributed by atoms with Gasteiger partial charge in [-0.1, -0.05) is 12.8 Å². The minimum Gasteiger partial charge on any atom is -0.382 e. The Hall–Kier alpha value is -0.130. The fourth-order valence-electron chi connectivity index (χ4n) is 3.50. The zero-order chi connectivity index (χ0) is 20.2. The predicted molar refractivity (Wildman–Crippen MR) is 128 cm³/mol. The van der Waals surface area contributed by atoms with Crippen LogP contribution in [0.4, 0.5) is 0 Å². The van der Waals surface area contributed by atoms with Gasteiger partial charge in [-0.2, -0.15) is 0 Å². The first-order chi connectivity index (χ1) is 12.9. The number of ether oxygens (including phenoxy) is 1. The topological polar surface area (TPSA) is 83.0 Å². The Kier molecular flexibility index (Phi) is 14.7. The molecular formula is C19H41IN4O3S. The van der Waals surface area contributed by atoms with E-state index >= 15 is 0 Å². The second-order valence-corrected chi connectivity index (χ2v) is 9.72. The van der Waals surface area contributed by atoms with E-state index in [2.05, 4.69) is 17.6 Å². The molecular weight excluding hydrogens is 491 g/mol. The van der Waals surface area contributed by atoms with E-state index in [0.29, 0.717) is 13.1 Å². The van der Waals surface area contributed by atoms with Crippen LogP contribution in [0.2, 0.25) is 0 Å². The Bertz CT molecular complexity index is 537. The van der Waals surface area contributed by atoms with Crippen molar-refractivity contribution in [1.29, 1.82) is 0 Å². The summed E-state index contributed by atoms with van der Waals surface area (Å²) in [6.07, 6.45) is 6.83. The molecule has 7 nitrogen and oxygen atoms in total. The number of nitrogens with zero attached hydrogens (tertiary/aromatic N) is 2. The van der Waals surface area contributed by atoms with Gasteiger partial charge in [0, 0.05) is 46.4 Å². The fraction of sp³-hybridized carbons (Fsp3) is 0.947. The largest absolute Gasteiger partial charge is 0.382 e. The van der Waals surface area contributed by atoms with Crippen molar-refractivity contribution in [3.8, 4) is 0 Å². The smallest absolute Gasteiger partial charge is 0.213 e. The zero-order valence-electron chi connectivity index (χ0n) is 18.1. The molecule has 0 aromatic heterocycles. The van der Waals surface area contributed by atoms with Crippen molar-refractivity contribution in [2.75, 3.05) is 52.2 Å². The Morgan fingerprint density at radius 2 is 1.86 bits per heavy atom. The summed E-state index contributed by atoms with van der Waals surface area (Å²) in [6.45, 7) is 10.2. The highest BCUT2D eigenvalue weighted by atomic mass is 127. The van der Waals surface area contributed by atoms with Crippen molar-refractivity contribution in [2.45, 2.75) is 59.3 Å². The molecule has 2 N–H and O–H groups in total. The van der Waals surface area contributed by atoms with Crippen LogP contribution in [0.1, 0.15) is 59.3 Å². The summed E-state index contributed by atoms with van der Waals surface area (Å²) in [6, 6.07) is 0. The number of rotatable bonds is 13. The lowest BCUT2D eigenvalue weighted by atomic mass is 9.83. The predicted octanol–water partition coefficient (Wildman–Crippen LogP) is 2.82. The minimum absolute atomic E-state index is 0. The van der Waals surface area contributed by atoms with Crippen molar-refractivity contribution in [1.82, 2.24) is 14.9 Å². The lowest BCUT2D eigenvalue weighted by molar-refractivity contribution is 0.107. The van der Waals surface area contributed by atoms with Crippen LogP contribution in [0.5, 0.6) is 0 Å². The zero-order valence-corrected chi connectivity index (χ0v) is 21.3. The quantitative estimate of drug-likeness (QED) is 0.165. The lowest BCUT2D eigenvalue weighted by Gasteiger charge is -2.27. The molecule has 1 fully saturated rings. The third kappa shape index (κ3) is 10.1. The van der Waals surface area contributed by atoms with Gasteiger partial charge in [0.1, 0.15) is 0 Å². The summed E-state index contributed by atoms with van der Waals surface area (Å²) >= 11 is 0. The van der Waals surface area contributed by atoms with E-state index in [1.807, 2.05) is 6.92 Å². The average Bonchev–Trinajstić information content (AvgIpc) is 3.12. The third-order valence-electron chi connectivity index (χ3n) is 5.34. The fourth-order valence-corrected chi connectivity index (χ4v) is 4.35. The van der Waals surface area contributed by atoms with Crippen LogP contribution >= 0.6 is 24.0 Å². The minimum atomic E-state index is -3.10. The summed E-state index contributed by atoms with van der Waals surface area (Å²) in [5, 5.41) is 6.64. The number of halogens is 1. The van der Waals surface area contributed by atoms with Gasteiger partial charge in [-0.25, -0.2) is 12.7 Å². The summed E-state index contributed by atoms with van der Waals surface area (Å²) < 4.78 is 30.6. The summed E-state index contributed by atoms with van der Waals surface area (Å²) in [5.74, 6) is 0.964. The Labute approximate surface area is 189 Å². The number of nitrogens with one attached hydrogen (secondary N) is 2. The molecule has 0 atom stereocenters. The van der Waals surface area contributed by atoms with Crippen LogP contribution in [0, 0.1) is 5.41 Å². The molecule has 0 aromatic carbocycles. The van der Waals surface area contributed by atoms with E-state index in [1.165, 1.54) is 30.0 Å². The Balaban J connectivity index is 0.00000729. The highest BCUT2D eigenvalue weighted by Crippen LogP contribution is 2.41. The molecule has 1 saturated carbocycles. The Morgan fingerprint density at radius 3 is 2.43 bits per heavy atom. The van der Waals surface area contributed by atoms with Crippen LogP contribution in [-0.4, -0.2) is 70.9 Å². The molecule has 0 radical (unpaired) electrons. The molecule has 28 heavy (non-hydrogen) atoms. The van der Waals surface area contributed by atoms with Crippen LogP contribution in [0.25, 0.3) is 0 Å². The molecule has 0 heterocycles. The van der Waals surface area contributed by atoms with Crippen LogP contribution < -0.4 is 10.6 Å². The van der Waals surface area contributed by atoms with E-state index in [9.17, 15) is 8.42 Å². The summed E-state index contributed by atoms with van der Waals surface area (Å²) in [4.78, 5) is 4.83. The van der Waals surface area contributed by atoms with Gasteiger partial charge in [0.25, 0.3) is 0 Å². The van der Waals surface area contributed by atoms with Gasteiger partial charge in [0.15, 0.2) is 5.96 Å². The molecule has 1 aliphatic rings. The summed E-state index contributed by atoms with van der Waals surface area (Å²) in [5.41, 5.74) is 0.271. The molecule has 0 spiro atoms. The first kappa shape index (κ1) is 27.9. The van der Waals surface area contributed by atoms with Crippen molar-refractivity contribution >= 4 is 40.0 Å². The van der Waals surface area contributed by atoms with Crippen LogP contribution in [0.3, 0.4) is 0 Å². The van der Waals surface area contributed by atoms with Crippen molar-refractivity contribution < 1.29 is 13.2 Å². The second kappa shape index (κ2) is 14.8. The number of guanidine groups is 1. The van der Waals surface area contributed by atoms with Gasteiger partial charge in [-0.15, -0.1) is 24.0 Å². The van der Waals surface area contributed by atoms with Gasteiger partial charge in [0.05, 0.1) is 5.75 Å². The lowest BCUT2D eigenvalue weighted by Crippen LogP contribution is -2.40. The Morgan fingerprint density at radius 1 is 1.18 bits per heavy atom. The van der Waals surface area contributed by atoms with E-state index in [-0.39, 0.29) is 35.1 Å². The van der Waals surface area contributed by atoms with Crippen molar-refractivity contribution in [3.63, 3.8) is 0 Å². The number of hydrogen-bond acceptors (Lipinski definition) is 4. The van der Waals surface area contributed by atoms with Gasteiger partial charge < -0.3 is 15.4 Å². The maximum Gasteiger partial charge on any atom is 0.213 e. The normalized spacial score (nSPS) is 16.8. The van der Waals surface area contributed by atoms with Gasteiger partial charge in [-0.05, 0) is 51.9 Å². The van der Waals surface area contributed by atoms with E-state index < -0.39 is 10.0 Å². The molecule has 0 unspecified atom stereocenters. The van der Waals surface area contributed by atoms with Crippen LogP contribution in [-0.2, 0) is 14.8 Å². The second-order valence-electron chi connectivity index (χ2n) is 7.35. The molecule has 9 heteroatoms. The van der Waals surface area contributed by atoms with Crippen molar-refractivity contribution in [2.24, 2.45) is 10.4 Å². The third-order valence-corrected chi connectivity index (χ3v) is 7.21. The highest BCUT2D eigenvalue weighted by Gasteiger charge is 2.33. The van der Waals surface area contributed by atoms with E-state index in [4.69, 9.17) is 9.73 Å². The van der Waals surface area contributed by atoms with E-state index in [1.54, 1.807) is 14.0 Å². The molecule has 0 aliphatic heterocycles. The first-order valence-corrected chi connectivity index (χ1v) is 12.0. The van der Waals surface area contributed by atoms with Gasteiger partial charge in [-0.3, -0.25) is 4.99 Å².